The van der Waals surface area contributed by atoms with Crippen LogP contribution in [0.25, 0.3) is 0 Å². The van der Waals surface area contributed by atoms with E-state index in [0.29, 0.717) is 11.8 Å². The molecule has 0 aliphatic heterocycles. The van der Waals surface area contributed by atoms with E-state index in [1.165, 1.54) is 5.56 Å². The highest BCUT2D eigenvalue weighted by Crippen LogP contribution is 2.26. The number of nitrogen functional groups attached to an aromatic ring is 1. The van der Waals surface area contributed by atoms with Crippen molar-refractivity contribution < 1.29 is 4.74 Å². The SMILES string of the molecule is CC(C)COC(CC(C)C)c1ccc(N)cc1. The zero-order valence-corrected chi connectivity index (χ0v) is 11.4. The summed E-state index contributed by atoms with van der Waals surface area (Å²) in [4.78, 5) is 0. The molecule has 0 radical (unpaired) electrons. The number of hydrogen-bond donors (Lipinski definition) is 1. The number of anilines is 1. The minimum Gasteiger partial charge on any atom is -0.399 e. The van der Waals surface area contributed by atoms with E-state index < -0.39 is 0 Å². The van der Waals surface area contributed by atoms with Crippen LogP contribution in [0.15, 0.2) is 24.3 Å². The van der Waals surface area contributed by atoms with E-state index in [2.05, 4.69) is 39.8 Å². The van der Waals surface area contributed by atoms with Gasteiger partial charge in [0.2, 0.25) is 0 Å². The lowest BCUT2D eigenvalue weighted by molar-refractivity contribution is 0.0221. The van der Waals surface area contributed by atoms with Crippen LogP contribution in [-0.2, 0) is 4.74 Å². The first kappa shape index (κ1) is 14.0. The summed E-state index contributed by atoms with van der Waals surface area (Å²) in [5.74, 6) is 1.20. The van der Waals surface area contributed by atoms with Gasteiger partial charge < -0.3 is 10.5 Å². The molecule has 0 aromatic heterocycles. The van der Waals surface area contributed by atoms with Crippen molar-refractivity contribution in [3.8, 4) is 0 Å². The standard InChI is InChI=1S/C15H25NO/c1-11(2)9-15(17-10-12(3)4)13-5-7-14(16)8-6-13/h5-8,11-12,15H,9-10,16H2,1-4H3. The van der Waals surface area contributed by atoms with Gasteiger partial charge in [-0.15, -0.1) is 0 Å². The minimum absolute atomic E-state index is 0.193. The van der Waals surface area contributed by atoms with Crippen molar-refractivity contribution in [2.75, 3.05) is 12.3 Å². The van der Waals surface area contributed by atoms with Crippen molar-refractivity contribution in [1.29, 1.82) is 0 Å². The predicted octanol–water partition coefficient (Wildman–Crippen LogP) is 4.03. The molecule has 0 aliphatic rings. The smallest absolute Gasteiger partial charge is 0.0827 e. The molecule has 2 nitrogen and oxygen atoms in total. The van der Waals surface area contributed by atoms with Gasteiger partial charge in [-0.05, 0) is 36.0 Å². The van der Waals surface area contributed by atoms with E-state index >= 15 is 0 Å². The fourth-order valence-corrected chi connectivity index (χ4v) is 1.75. The van der Waals surface area contributed by atoms with Crippen LogP contribution in [0.2, 0.25) is 0 Å². The van der Waals surface area contributed by atoms with E-state index in [4.69, 9.17) is 10.5 Å². The van der Waals surface area contributed by atoms with Crippen LogP contribution in [-0.4, -0.2) is 6.61 Å². The summed E-state index contributed by atoms with van der Waals surface area (Å²) in [6, 6.07) is 8.04. The van der Waals surface area contributed by atoms with Crippen LogP contribution >= 0.6 is 0 Å². The normalized spacial score (nSPS) is 13.3. The maximum Gasteiger partial charge on any atom is 0.0827 e. The molecule has 0 saturated carbocycles. The fourth-order valence-electron chi connectivity index (χ4n) is 1.75. The minimum atomic E-state index is 0.193. The molecule has 0 fully saturated rings. The van der Waals surface area contributed by atoms with Gasteiger partial charge in [-0.1, -0.05) is 39.8 Å². The van der Waals surface area contributed by atoms with Crippen molar-refractivity contribution in [3.63, 3.8) is 0 Å². The average molecular weight is 235 g/mol. The first-order valence-electron chi connectivity index (χ1n) is 6.46. The lowest BCUT2D eigenvalue weighted by Crippen LogP contribution is -2.11. The van der Waals surface area contributed by atoms with Crippen molar-refractivity contribution >= 4 is 5.69 Å². The molecule has 2 N–H and O–H groups in total. The molecule has 1 aromatic rings. The number of hydrogen-bond acceptors (Lipinski definition) is 2. The molecular weight excluding hydrogens is 210 g/mol. The third-order valence-corrected chi connectivity index (χ3v) is 2.62. The van der Waals surface area contributed by atoms with Crippen molar-refractivity contribution in [3.05, 3.63) is 29.8 Å². The molecule has 96 valence electrons. The van der Waals surface area contributed by atoms with Crippen LogP contribution in [0.5, 0.6) is 0 Å². The summed E-state index contributed by atoms with van der Waals surface area (Å²) in [6.07, 6.45) is 1.24. The van der Waals surface area contributed by atoms with Gasteiger partial charge in [0.1, 0.15) is 0 Å². The number of rotatable bonds is 6. The topological polar surface area (TPSA) is 35.2 Å². The molecule has 1 rings (SSSR count). The Bertz CT molecular complexity index is 316. The Labute approximate surface area is 105 Å². The molecule has 0 spiro atoms. The van der Waals surface area contributed by atoms with Gasteiger partial charge in [-0.2, -0.15) is 0 Å². The Morgan fingerprint density at radius 2 is 1.59 bits per heavy atom. The highest BCUT2D eigenvalue weighted by atomic mass is 16.5. The van der Waals surface area contributed by atoms with Crippen LogP contribution < -0.4 is 5.73 Å². The van der Waals surface area contributed by atoms with E-state index in [9.17, 15) is 0 Å². The maximum atomic E-state index is 6.00. The Morgan fingerprint density at radius 3 is 2.06 bits per heavy atom. The highest BCUT2D eigenvalue weighted by molar-refractivity contribution is 5.39. The first-order valence-corrected chi connectivity index (χ1v) is 6.46. The average Bonchev–Trinajstić information content (AvgIpc) is 2.25. The zero-order valence-electron chi connectivity index (χ0n) is 11.4. The quantitative estimate of drug-likeness (QED) is 0.756. The molecule has 1 aromatic carbocycles. The van der Waals surface area contributed by atoms with Gasteiger partial charge >= 0.3 is 0 Å². The van der Waals surface area contributed by atoms with Gasteiger partial charge in [0.25, 0.3) is 0 Å². The third-order valence-electron chi connectivity index (χ3n) is 2.62. The zero-order chi connectivity index (χ0) is 12.8. The Balaban J connectivity index is 2.70. The Kier molecular flexibility index (Phi) is 5.49. The molecule has 1 unspecified atom stereocenters. The summed E-state index contributed by atoms with van der Waals surface area (Å²) < 4.78 is 6.00. The van der Waals surface area contributed by atoms with Crippen molar-refractivity contribution in [2.45, 2.75) is 40.2 Å². The van der Waals surface area contributed by atoms with Crippen LogP contribution in [0.1, 0.15) is 45.8 Å². The van der Waals surface area contributed by atoms with Crippen LogP contribution in [0.3, 0.4) is 0 Å². The molecular formula is C15H25NO. The van der Waals surface area contributed by atoms with Gasteiger partial charge in [0, 0.05) is 12.3 Å². The Hall–Kier alpha value is -1.02. The molecule has 17 heavy (non-hydrogen) atoms. The summed E-state index contributed by atoms with van der Waals surface area (Å²) in [5, 5.41) is 0. The van der Waals surface area contributed by atoms with Gasteiger partial charge in [-0.25, -0.2) is 0 Å². The fraction of sp³-hybridized carbons (Fsp3) is 0.600. The molecule has 0 aliphatic carbocycles. The van der Waals surface area contributed by atoms with E-state index in [-0.39, 0.29) is 6.10 Å². The summed E-state index contributed by atoms with van der Waals surface area (Å²) in [7, 11) is 0. The van der Waals surface area contributed by atoms with E-state index in [1.807, 2.05) is 12.1 Å². The van der Waals surface area contributed by atoms with Crippen LogP contribution in [0, 0.1) is 11.8 Å². The molecule has 1 atom stereocenters. The van der Waals surface area contributed by atoms with Crippen molar-refractivity contribution in [1.82, 2.24) is 0 Å². The van der Waals surface area contributed by atoms with E-state index in [1.54, 1.807) is 0 Å². The second-order valence-electron chi connectivity index (χ2n) is 5.51. The van der Waals surface area contributed by atoms with Gasteiger partial charge in [0.05, 0.1) is 6.10 Å². The van der Waals surface area contributed by atoms with Crippen molar-refractivity contribution in [2.24, 2.45) is 11.8 Å². The molecule has 0 heterocycles. The number of benzene rings is 1. The van der Waals surface area contributed by atoms with Gasteiger partial charge in [0.15, 0.2) is 0 Å². The first-order chi connectivity index (χ1) is 7.99. The lowest BCUT2D eigenvalue weighted by Gasteiger charge is -2.21. The summed E-state index contributed by atoms with van der Waals surface area (Å²) in [6.45, 7) is 9.61. The molecule has 0 bridgehead atoms. The Morgan fingerprint density at radius 1 is 1.00 bits per heavy atom. The second-order valence-corrected chi connectivity index (χ2v) is 5.51. The maximum absolute atomic E-state index is 6.00. The molecule has 2 heteroatoms. The summed E-state index contributed by atoms with van der Waals surface area (Å²) >= 11 is 0. The van der Waals surface area contributed by atoms with Gasteiger partial charge in [-0.3, -0.25) is 0 Å². The molecule has 0 saturated heterocycles. The highest BCUT2D eigenvalue weighted by Gasteiger charge is 2.14. The third kappa shape index (κ3) is 5.22. The van der Waals surface area contributed by atoms with Crippen LogP contribution in [0.4, 0.5) is 5.69 Å². The number of ether oxygens (including phenoxy) is 1. The summed E-state index contributed by atoms with van der Waals surface area (Å²) in [5.41, 5.74) is 7.75. The largest absolute Gasteiger partial charge is 0.399 e. The lowest BCUT2D eigenvalue weighted by atomic mass is 9.99. The monoisotopic (exact) mass is 235 g/mol. The van der Waals surface area contributed by atoms with E-state index in [0.717, 1.165) is 18.7 Å². The second kappa shape index (κ2) is 6.65. The number of nitrogens with two attached hydrogens (primary N) is 1. The predicted molar refractivity (Wildman–Crippen MR) is 73.8 cm³/mol. The molecule has 0 amide bonds.